The predicted octanol–water partition coefficient (Wildman–Crippen LogP) is 25.7. The van der Waals surface area contributed by atoms with Crippen molar-refractivity contribution < 1.29 is 26.3 Å². The Kier molecular flexibility index (Phi) is 42.7. The number of alkyl halides is 6. The Balaban J connectivity index is -0.000000374. The highest BCUT2D eigenvalue weighted by molar-refractivity contribution is 5.36. The summed E-state index contributed by atoms with van der Waals surface area (Å²) in [4.78, 5) is 0. The Hall–Kier alpha value is -1.98. The van der Waals surface area contributed by atoms with Crippen LogP contribution in [0.5, 0.6) is 0 Å². The normalized spacial score (nSPS) is 17.5. The average molecular weight is 1060 g/mol. The number of aryl methyl sites for hydroxylation is 4. The van der Waals surface area contributed by atoms with E-state index >= 15 is 0 Å². The first-order valence-electron chi connectivity index (χ1n) is 30.0. The molecule has 440 valence electrons. The minimum absolute atomic E-state index is 0.104. The number of benzene rings is 2. The van der Waals surface area contributed by atoms with E-state index in [2.05, 4.69) is 163 Å². The lowest BCUT2D eigenvalue weighted by molar-refractivity contribution is -0.327. The first kappa shape index (κ1) is 78.5. The zero-order chi connectivity index (χ0) is 58.6. The maximum atomic E-state index is 11.6. The van der Waals surface area contributed by atoms with E-state index in [4.69, 9.17) is 0 Å². The molecular weight excluding hydrogens is 931 g/mol. The Morgan fingerprint density at radius 2 is 0.770 bits per heavy atom. The van der Waals surface area contributed by atoms with E-state index in [9.17, 15) is 26.3 Å². The van der Waals surface area contributed by atoms with Crippen molar-refractivity contribution in [3.8, 4) is 0 Å². The van der Waals surface area contributed by atoms with Crippen LogP contribution in [0.1, 0.15) is 301 Å². The van der Waals surface area contributed by atoms with E-state index in [1.807, 2.05) is 32.0 Å². The van der Waals surface area contributed by atoms with E-state index < -0.39 is 17.8 Å². The summed E-state index contributed by atoms with van der Waals surface area (Å²) in [6, 6.07) is 14.7. The fraction of sp³-hybridized carbons (Fsp3) is 0.824. The molecule has 0 spiro atoms. The second-order valence-corrected chi connectivity index (χ2v) is 26.6. The maximum Gasteiger partial charge on any atom is 0.402 e. The molecule has 0 unspecified atom stereocenters. The molecule has 6 heteroatoms. The van der Waals surface area contributed by atoms with Crippen LogP contribution < -0.4 is 0 Å². The molecule has 0 heterocycles. The Bertz CT molecular complexity index is 1510. The lowest BCUT2D eigenvalue weighted by Crippen LogP contribution is -2.44. The van der Waals surface area contributed by atoms with Crippen molar-refractivity contribution in [3.05, 3.63) is 70.3 Å². The molecule has 0 aliphatic heterocycles. The quantitative estimate of drug-likeness (QED) is 0.268. The molecule has 4 aliphatic carbocycles. The summed E-state index contributed by atoms with van der Waals surface area (Å²) in [5.74, 6) is 3.23. The van der Waals surface area contributed by atoms with Gasteiger partial charge < -0.3 is 0 Å². The number of rotatable bonds is 4. The van der Waals surface area contributed by atoms with Crippen molar-refractivity contribution in [1.82, 2.24) is 0 Å². The molecule has 6 rings (SSSR count). The number of hydrogen-bond donors (Lipinski definition) is 0. The molecule has 2 aromatic rings. The Morgan fingerprint density at radius 3 is 0.986 bits per heavy atom. The van der Waals surface area contributed by atoms with E-state index in [-0.39, 0.29) is 13.8 Å². The van der Waals surface area contributed by atoms with Crippen LogP contribution in [0.25, 0.3) is 0 Å². The van der Waals surface area contributed by atoms with Crippen LogP contribution in [0.4, 0.5) is 26.3 Å². The van der Waals surface area contributed by atoms with Crippen LogP contribution in [0.3, 0.4) is 0 Å². The van der Waals surface area contributed by atoms with Gasteiger partial charge in [-0.2, -0.15) is 26.3 Å². The molecule has 0 N–H and O–H groups in total. The predicted molar refractivity (Wildman–Crippen MR) is 321 cm³/mol. The van der Waals surface area contributed by atoms with Crippen molar-refractivity contribution in [3.63, 3.8) is 0 Å². The van der Waals surface area contributed by atoms with Crippen molar-refractivity contribution in [2.75, 3.05) is 0 Å². The van der Waals surface area contributed by atoms with Gasteiger partial charge in [-0.05, 0) is 143 Å². The van der Waals surface area contributed by atoms with Gasteiger partial charge in [0.2, 0.25) is 0 Å². The largest absolute Gasteiger partial charge is 0.402 e. The zero-order valence-electron chi connectivity index (χ0n) is 53.6. The Morgan fingerprint density at radius 1 is 0.459 bits per heavy atom. The molecular formula is C68H126F6. The van der Waals surface area contributed by atoms with E-state index in [1.165, 1.54) is 169 Å². The van der Waals surface area contributed by atoms with Gasteiger partial charge in [0.15, 0.2) is 5.41 Å². The second-order valence-electron chi connectivity index (χ2n) is 26.6. The summed E-state index contributed by atoms with van der Waals surface area (Å²) in [7, 11) is 0. The van der Waals surface area contributed by atoms with Crippen LogP contribution >= 0.6 is 0 Å². The van der Waals surface area contributed by atoms with Crippen LogP contribution in [-0.2, 0) is 0 Å². The zero-order valence-corrected chi connectivity index (χ0v) is 53.6. The van der Waals surface area contributed by atoms with E-state index in [0.29, 0.717) is 16.2 Å². The molecule has 0 nitrogen and oxygen atoms in total. The maximum absolute atomic E-state index is 11.6. The smallest absolute Gasteiger partial charge is 0.170 e. The summed E-state index contributed by atoms with van der Waals surface area (Å²) in [6.07, 6.45) is 21.7. The lowest BCUT2D eigenvalue weighted by Gasteiger charge is -2.33. The minimum Gasteiger partial charge on any atom is -0.170 e. The number of halogens is 6. The first-order valence-corrected chi connectivity index (χ1v) is 30.0. The van der Waals surface area contributed by atoms with E-state index in [1.54, 1.807) is 0 Å². The third-order valence-electron chi connectivity index (χ3n) is 15.5. The minimum atomic E-state index is -5.24. The number of hydrogen-bond acceptors (Lipinski definition) is 0. The lowest BCUT2D eigenvalue weighted by atomic mass is 9.72. The van der Waals surface area contributed by atoms with Gasteiger partial charge in [-0.15, -0.1) is 0 Å². The molecule has 74 heavy (non-hydrogen) atoms. The molecule has 0 aromatic heterocycles. The van der Waals surface area contributed by atoms with Crippen molar-refractivity contribution in [2.24, 2.45) is 44.8 Å². The highest BCUT2D eigenvalue weighted by atomic mass is 19.4. The van der Waals surface area contributed by atoms with Gasteiger partial charge in [-0.3, -0.25) is 0 Å². The van der Waals surface area contributed by atoms with Crippen molar-refractivity contribution in [1.29, 1.82) is 0 Å². The van der Waals surface area contributed by atoms with Crippen LogP contribution in [-0.4, -0.2) is 12.4 Å². The van der Waals surface area contributed by atoms with Crippen LogP contribution in [0, 0.1) is 79.4 Å². The molecule has 4 aliphatic rings. The fourth-order valence-electron chi connectivity index (χ4n) is 8.41. The monoisotopic (exact) mass is 1060 g/mol. The summed E-state index contributed by atoms with van der Waals surface area (Å²) in [6.45, 7) is 49.1. The van der Waals surface area contributed by atoms with Gasteiger partial charge in [-0.1, -0.05) is 274 Å². The summed E-state index contributed by atoms with van der Waals surface area (Å²) < 4.78 is 69.7. The molecule has 0 saturated heterocycles. The molecule has 0 amide bonds. The Labute approximate surface area is 459 Å². The SMILES string of the molecule is CC.CC(C)(C(F)(F)F)C(F)(F)F.CC(C)(C)C.CCC(C)(C)C.CCC1(C)CCCC1.CCC1CCC(C)(C)CC1.CCC1CCCC1.CCC1CCCCC1.Cc1cc(C)c(C)c(C)c1.Cc1ccccc1. The third-order valence-corrected chi connectivity index (χ3v) is 15.5. The van der Waals surface area contributed by atoms with Gasteiger partial charge in [0.25, 0.3) is 0 Å². The van der Waals surface area contributed by atoms with Gasteiger partial charge in [0.1, 0.15) is 0 Å². The van der Waals surface area contributed by atoms with E-state index in [0.717, 1.165) is 23.2 Å². The fourth-order valence-corrected chi connectivity index (χ4v) is 8.41. The van der Waals surface area contributed by atoms with Gasteiger partial charge >= 0.3 is 12.4 Å². The first-order chi connectivity index (χ1) is 33.8. The average Bonchev–Trinajstić information content (AvgIpc) is 4.02. The highest BCUT2D eigenvalue weighted by Crippen LogP contribution is 2.49. The molecule has 0 radical (unpaired) electrons. The highest BCUT2D eigenvalue weighted by Gasteiger charge is 2.64. The molecule has 4 saturated carbocycles. The van der Waals surface area contributed by atoms with Gasteiger partial charge in [0, 0.05) is 0 Å². The third kappa shape index (κ3) is 43.1. The summed E-state index contributed by atoms with van der Waals surface area (Å²) in [5.41, 5.74) is 5.72. The van der Waals surface area contributed by atoms with Crippen molar-refractivity contribution >= 4 is 0 Å². The van der Waals surface area contributed by atoms with Gasteiger partial charge in [0.05, 0.1) is 0 Å². The standard InChI is InChI=1S/C10H14.C10H20.2C8H16.C7H8.C7H14.C6H14.C5H6F6.C5H12.C2H6/c1-7-5-8(2)10(4)9(3)6-7;1-4-9-5-7-10(2,3)8-6-9;1-3-8(2)6-4-5-7-8;1-2-8-6-4-3-5-7-8;1-7-5-3-2-4-6-7;1-2-7-5-3-4-6-7;1-5-6(2,3)4;1-3(2,4(6,7)8)5(9,10)11;1-5(2,3)4;1-2/h5-6H,1-4H3;9H,4-8H2,1-3H3;3-7H2,1-2H3;8H,2-7H2,1H3;2-6H,1H3;7H,2-6H2,1H3;5H2,1-4H3;1-2H3;1-4H3;1-2H3. The molecule has 0 atom stereocenters. The van der Waals surface area contributed by atoms with Crippen molar-refractivity contribution in [2.45, 2.75) is 320 Å². The second kappa shape index (κ2) is 40.2. The van der Waals surface area contributed by atoms with Gasteiger partial charge in [-0.25, -0.2) is 0 Å². The van der Waals surface area contributed by atoms with Crippen LogP contribution in [0.2, 0.25) is 0 Å². The molecule has 2 aromatic carbocycles. The molecule has 0 bridgehead atoms. The summed E-state index contributed by atoms with van der Waals surface area (Å²) >= 11 is 0. The molecule has 4 fully saturated rings. The van der Waals surface area contributed by atoms with Crippen LogP contribution in [0.15, 0.2) is 42.5 Å². The topological polar surface area (TPSA) is 0 Å². The summed E-state index contributed by atoms with van der Waals surface area (Å²) in [5, 5.41) is 0.